The maximum atomic E-state index is 6.34. The second-order valence-corrected chi connectivity index (χ2v) is 11.3. The number of furan rings is 1. The largest absolute Gasteiger partial charge is 0.456 e. The minimum Gasteiger partial charge on any atom is -0.456 e. The van der Waals surface area contributed by atoms with Gasteiger partial charge < -0.3 is 13.6 Å². The summed E-state index contributed by atoms with van der Waals surface area (Å²) in [6, 6.07) is 52.3. The zero-order valence-electron chi connectivity index (χ0n) is 23.2. The number of rotatable bonds is 2. The molecule has 3 heteroatoms. The van der Waals surface area contributed by atoms with Gasteiger partial charge in [0, 0.05) is 38.0 Å². The fraction of sp³-hybridized carbons (Fsp3) is 0. The lowest BCUT2D eigenvalue weighted by Gasteiger charge is -2.12. The number of hydrogen-bond acceptors (Lipinski definition) is 1. The number of fused-ring (bicyclic) bond motifs is 11. The normalized spacial score (nSPS) is 12.2. The molecule has 0 saturated heterocycles. The lowest BCUT2D eigenvalue weighted by atomic mass is 10.0. The van der Waals surface area contributed by atoms with Crippen molar-refractivity contribution in [1.29, 1.82) is 0 Å². The lowest BCUT2D eigenvalue weighted by Crippen LogP contribution is -1.96. The number of para-hydroxylation sites is 4. The van der Waals surface area contributed by atoms with E-state index < -0.39 is 0 Å². The Hall–Kier alpha value is -5.80. The first-order valence-corrected chi connectivity index (χ1v) is 14.7. The van der Waals surface area contributed by atoms with Crippen LogP contribution in [-0.4, -0.2) is 9.13 Å². The van der Waals surface area contributed by atoms with Crippen molar-refractivity contribution in [1.82, 2.24) is 9.13 Å². The number of benzene rings is 7. The van der Waals surface area contributed by atoms with Crippen molar-refractivity contribution < 1.29 is 4.42 Å². The van der Waals surface area contributed by atoms with Crippen LogP contribution in [0, 0.1) is 0 Å². The summed E-state index contributed by atoms with van der Waals surface area (Å²) < 4.78 is 11.2. The molecule has 3 heterocycles. The molecule has 7 aromatic carbocycles. The number of aromatic nitrogens is 2. The summed E-state index contributed by atoms with van der Waals surface area (Å²) in [5.74, 6) is 0. The monoisotopic (exact) mass is 548 g/mol. The molecule has 10 aromatic rings. The highest BCUT2D eigenvalue weighted by Gasteiger charge is 2.20. The van der Waals surface area contributed by atoms with Crippen molar-refractivity contribution in [2.24, 2.45) is 0 Å². The Balaban J connectivity index is 1.43. The summed E-state index contributed by atoms with van der Waals surface area (Å²) in [7, 11) is 0. The van der Waals surface area contributed by atoms with Crippen molar-refractivity contribution in [3.8, 4) is 11.4 Å². The van der Waals surface area contributed by atoms with E-state index in [9.17, 15) is 0 Å². The molecule has 0 N–H and O–H groups in total. The molecule has 0 fully saturated rings. The lowest BCUT2D eigenvalue weighted by molar-refractivity contribution is 0.669. The van der Waals surface area contributed by atoms with Crippen LogP contribution in [0.2, 0.25) is 0 Å². The van der Waals surface area contributed by atoms with Gasteiger partial charge >= 0.3 is 0 Å². The first-order valence-electron chi connectivity index (χ1n) is 14.7. The second kappa shape index (κ2) is 8.37. The molecule has 3 nitrogen and oxygen atoms in total. The summed E-state index contributed by atoms with van der Waals surface area (Å²) in [5, 5.41) is 9.73. The fourth-order valence-corrected chi connectivity index (χ4v) is 7.29. The molecule has 0 radical (unpaired) electrons. The predicted molar refractivity (Wildman–Crippen MR) is 180 cm³/mol. The summed E-state index contributed by atoms with van der Waals surface area (Å²) in [6.07, 6.45) is 0. The van der Waals surface area contributed by atoms with Gasteiger partial charge in [0.2, 0.25) is 0 Å². The molecule has 0 aliphatic carbocycles. The molecule has 0 aliphatic heterocycles. The smallest absolute Gasteiger partial charge is 0.137 e. The van der Waals surface area contributed by atoms with Crippen molar-refractivity contribution in [3.63, 3.8) is 0 Å². The summed E-state index contributed by atoms with van der Waals surface area (Å²) in [5.41, 5.74) is 8.91. The van der Waals surface area contributed by atoms with E-state index in [1.807, 2.05) is 6.07 Å². The van der Waals surface area contributed by atoms with Crippen LogP contribution in [0.1, 0.15) is 0 Å². The van der Waals surface area contributed by atoms with Gasteiger partial charge in [-0.1, -0.05) is 91.0 Å². The molecule has 0 aliphatic rings. The van der Waals surface area contributed by atoms with Crippen LogP contribution in [0.5, 0.6) is 0 Å². The molecule has 0 bridgehead atoms. The highest BCUT2D eigenvalue weighted by Crippen LogP contribution is 2.43. The van der Waals surface area contributed by atoms with Gasteiger partial charge in [0.15, 0.2) is 0 Å². The molecule has 10 rings (SSSR count). The van der Waals surface area contributed by atoms with Gasteiger partial charge in [-0.2, -0.15) is 0 Å². The van der Waals surface area contributed by atoms with E-state index in [0.717, 1.165) is 33.3 Å². The molecule has 0 amide bonds. The number of nitrogens with zero attached hydrogens (tertiary/aromatic N) is 2. The van der Waals surface area contributed by atoms with Crippen LogP contribution in [0.3, 0.4) is 0 Å². The first kappa shape index (κ1) is 22.8. The molecule has 0 saturated carbocycles. The second-order valence-electron chi connectivity index (χ2n) is 11.3. The van der Waals surface area contributed by atoms with E-state index in [1.165, 1.54) is 54.4 Å². The maximum Gasteiger partial charge on any atom is 0.137 e. The topological polar surface area (TPSA) is 23.0 Å². The van der Waals surface area contributed by atoms with E-state index >= 15 is 0 Å². The van der Waals surface area contributed by atoms with Gasteiger partial charge in [0.1, 0.15) is 11.2 Å². The van der Waals surface area contributed by atoms with Crippen molar-refractivity contribution >= 4 is 76.3 Å². The Morgan fingerprint density at radius 2 is 1.07 bits per heavy atom. The highest BCUT2D eigenvalue weighted by molar-refractivity contribution is 6.23. The van der Waals surface area contributed by atoms with Crippen molar-refractivity contribution in [3.05, 3.63) is 146 Å². The van der Waals surface area contributed by atoms with Crippen LogP contribution in [0.25, 0.3) is 87.7 Å². The first-order chi connectivity index (χ1) is 21.3. The molecular weight excluding hydrogens is 524 g/mol. The molecule has 0 spiro atoms. The maximum absolute atomic E-state index is 6.34. The zero-order chi connectivity index (χ0) is 28.1. The van der Waals surface area contributed by atoms with E-state index in [1.54, 1.807) is 0 Å². The minimum absolute atomic E-state index is 0.900. The van der Waals surface area contributed by atoms with Crippen LogP contribution in [0.15, 0.2) is 150 Å². The Morgan fingerprint density at radius 1 is 0.395 bits per heavy atom. The van der Waals surface area contributed by atoms with Crippen molar-refractivity contribution in [2.45, 2.75) is 0 Å². The highest BCUT2D eigenvalue weighted by atomic mass is 16.3. The van der Waals surface area contributed by atoms with Crippen molar-refractivity contribution in [2.75, 3.05) is 0 Å². The predicted octanol–water partition coefficient (Wildman–Crippen LogP) is 10.9. The molecular formula is C40H24N2O. The summed E-state index contributed by atoms with van der Waals surface area (Å²) >= 11 is 0. The summed E-state index contributed by atoms with van der Waals surface area (Å²) in [4.78, 5) is 0. The standard InChI is InChI=1S/C40H24N2O/c1-2-11-26(12-3-1)41-33-16-7-5-14-28(33)32-23-25-21-22-29-27-13-4-8-17-34(27)42(40(29)31(25)24-36(32)41)35-18-10-20-38-39(35)30-15-6-9-19-37(30)43-38/h1-24H. The van der Waals surface area contributed by atoms with Gasteiger partial charge in [-0.3, -0.25) is 0 Å². The average molecular weight is 549 g/mol. The quantitative estimate of drug-likeness (QED) is 0.211. The Labute approximate surface area is 246 Å². The van der Waals surface area contributed by atoms with E-state index in [0.29, 0.717) is 0 Å². The third-order valence-electron chi connectivity index (χ3n) is 9.08. The Bertz CT molecular complexity index is 2720. The average Bonchev–Trinajstić information content (AvgIpc) is 3.72. The minimum atomic E-state index is 0.900. The van der Waals surface area contributed by atoms with Gasteiger partial charge in [0.05, 0.1) is 33.1 Å². The van der Waals surface area contributed by atoms with Gasteiger partial charge in [-0.15, -0.1) is 0 Å². The van der Waals surface area contributed by atoms with Crippen LogP contribution in [0.4, 0.5) is 0 Å². The van der Waals surface area contributed by atoms with E-state index in [2.05, 4.69) is 149 Å². The van der Waals surface area contributed by atoms with Gasteiger partial charge in [0.25, 0.3) is 0 Å². The van der Waals surface area contributed by atoms with E-state index in [-0.39, 0.29) is 0 Å². The van der Waals surface area contributed by atoms with Crippen LogP contribution < -0.4 is 0 Å². The molecule has 3 aromatic heterocycles. The molecule has 0 atom stereocenters. The van der Waals surface area contributed by atoms with Gasteiger partial charge in [-0.25, -0.2) is 0 Å². The zero-order valence-corrected chi connectivity index (χ0v) is 23.2. The Kier molecular flexibility index (Phi) is 4.45. The third-order valence-corrected chi connectivity index (χ3v) is 9.08. The summed E-state index contributed by atoms with van der Waals surface area (Å²) in [6.45, 7) is 0. The Morgan fingerprint density at radius 3 is 1.91 bits per heavy atom. The van der Waals surface area contributed by atoms with E-state index in [4.69, 9.17) is 4.42 Å². The fourth-order valence-electron chi connectivity index (χ4n) is 7.29. The molecule has 43 heavy (non-hydrogen) atoms. The molecule has 200 valence electrons. The van der Waals surface area contributed by atoms with Gasteiger partial charge in [-0.05, 0) is 60.0 Å². The molecule has 0 unspecified atom stereocenters. The SMILES string of the molecule is c1ccc(-n2c3ccccc3c3cc4ccc5c6ccccc6n(-c6cccc7oc8ccccc8c67)c5c4cc32)cc1. The third kappa shape index (κ3) is 3.03. The van der Waals surface area contributed by atoms with Crippen LogP contribution >= 0.6 is 0 Å². The number of hydrogen-bond donors (Lipinski definition) is 0. The van der Waals surface area contributed by atoms with Crippen LogP contribution in [-0.2, 0) is 0 Å².